The van der Waals surface area contributed by atoms with Crippen molar-refractivity contribution in [1.82, 2.24) is 0 Å². The smallest absolute Gasteiger partial charge is 0.263 e. The van der Waals surface area contributed by atoms with E-state index in [0.29, 0.717) is 0 Å². The van der Waals surface area contributed by atoms with Crippen LogP contribution < -0.4 is 0 Å². The van der Waals surface area contributed by atoms with Crippen LogP contribution in [0.5, 0.6) is 0 Å². The first-order valence-corrected chi connectivity index (χ1v) is 3.52. The Morgan fingerprint density at radius 3 is 2.12 bits per heavy atom. The van der Waals surface area contributed by atoms with E-state index in [9.17, 15) is 8.42 Å². The molecular weight excluding hydrogens is 156 g/mol. The van der Waals surface area contributed by atoms with Gasteiger partial charge < -0.3 is 0 Å². The van der Waals surface area contributed by atoms with Crippen LogP contribution in [0.15, 0.2) is 0 Å². The summed E-state index contributed by atoms with van der Waals surface area (Å²) in [5.74, 6) is 0. The zero-order valence-corrected chi connectivity index (χ0v) is 5.61. The minimum atomic E-state index is -4.36. The van der Waals surface area contributed by atoms with E-state index in [4.69, 9.17) is 16.2 Å². The van der Waals surface area contributed by atoms with Gasteiger partial charge in [-0.05, 0) is 6.92 Å². The molecule has 0 amide bonds. The highest BCUT2D eigenvalue weighted by molar-refractivity contribution is 7.80. The number of alkyl halides is 1. The molecule has 1 unspecified atom stereocenters. The highest BCUT2D eigenvalue weighted by atomic mass is 35.5. The number of halogens is 1. The Labute approximate surface area is 52.4 Å². The lowest BCUT2D eigenvalue weighted by Gasteiger charge is -1.97. The van der Waals surface area contributed by atoms with Crippen LogP contribution in [0.25, 0.3) is 0 Å². The van der Waals surface area contributed by atoms with Crippen molar-refractivity contribution in [2.24, 2.45) is 0 Å². The van der Waals surface area contributed by atoms with Crippen LogP contribution in [-0.4, -0.2) is 18.5 Å². The molecule has 0 radical (unpaired) electrons. The summed E-state index contributed by atoms with van der Waals surface area (Å²) in [6, 6.07) is 0. The Morgan fingerprint density at radius 2 is 2.12 bits per heavy atom. The van der Waals surface area contributed by atoms with E-state index in [0.717, 1.165) is 0 Å². The van der Waals surface area contributed by atoms with Crippen molar-refractivity contribution in [3.8, 4) is 0 Å². The lowest BCUT2D eigenvalue weighted by molar-refractivity contribution is 0.257. The zero-order chi connectivity index (χ0) is 6.78. The summed E-state index contributed by atoms with van der Waals surface area (Å²) in [6.45, 7) is 1.27. The third-order valence-corrected chi connectivity index (χ3v) is 0.981. The van der Waals surface area contributed by atoms with Gasteiger partial charge in [-0.3, -0.25) is 4.55 Å². The first kappa shape index (κ1) is 8.16. The zero-order valence-electron chi connectivity index (χ0n) is 4.04. The lowest BCUT2D eigenvalue weighted by atomic mass is 10.9. The molecule has 0 heterocycles. The highest BCUT2D eigenvalue weighted by Gasteiger charge is 2.07. The standard InChI is InChI=1S/C2H5ClO4S/c1-2(3)7-8(4,5)6/h2H,1H3,(H,4,5,6). The van der Waals surface area contributed by atoms with Gasteiger partial charge in [-0.2, -0.15) is 8.42 Å². The van der Waals surface area contributed by atoms with Crippen molar-refractivity contribution in [3.63, 3.8) is 0 Å². The van der Waals surface area contributed by atoms with Gasteiger partial charge in [0.05, 0.1) is 0 Å². The van der Waals surface area contributed by atoms with Crippen LogP contribution in [0.1, 0.15) is 6.92 Å². The maximum Gasteiger partial charge on any atom is 0.398 e. The molecule has 0 saturated heterocycles. The van der Waals surface area contributed by atoms with Crippen molar-refractivity contribution in [2.75, 3.05) is 0 Å². The van der Waals surface area contributed by atoms with Crippen LogP contribution >= 0.6 is 11.6 Å². The highest BCUT2D eigenvalue weighted by Crippen LogP contribution is 1.99. The monoisotopic (exact) mass is 160 g/mol. The first-order chi connectivity index (χ1) is 3.42. The third kappa shape index (κ3) is 6.16. The third-order valence-electron chi connectivity index (χ3n) is 0.254. The fraction of sp³-hybridized carbons (Fsp3) is 1.00. The molecule has 0 saturated carbocycles. The average molecular weight is 161 g/mol. The molecule has 0 aliphatic heterocycles. The maximum atomic E-state index is 9.69. The van der Waals surface area contributed by atoms with Gasteiger partial charge in [-0.15, -0.1) is 0 Å². The number of hydrogen-bond acceptors (Lipinski definition) is 3. The predicted molar refractivity (Wildman–Crippen MR) is 27.9 cm³/mol. The molecule has 8 heavy (non-hydrogen) atoms. The Bertz CT molecular complexity index is 147. The van der Waals surface area contributed by atoms with E-state index in [2.05, 4.69) is 4.18 Å². The van der Waals surface area contributed by atoms with Crippen LogP contribution in [0.4, 0.5) is 0 Å². The lowest BCUT2D eigenvalue weighted by Crippen LogP contribution is -2.07. The molecule has 0 aliphatic rings. The average Bonchev–Trinajstić information content (AvgIpc) is 1.21. The molecule has 1 N–H and O–H groups in total. The molecule has 0 aromatic rings. The van der Waals surface area contributed by atoms with Gasteiger partial charge in [0.25, 0.3) is 0 Å². The second-order valence-corrected chi connectivity index (χ2v) is 2.73. The van der Waals surface area contributed by atoms with Crippen LogP contribution in [0, 0.1) is 0 Å². The van der Waals surface area contributed by atoms with Crippen LogP contribution in [0.3, 0.4) is 0 Å². The molecule has 0 spiro atoms. The molecule has 1 atom stereocenters. The van der Waals surface area contributed by atoms with E-state index in [1.54, 1.807) is 0 Å². The summed E-state index contributed by atoms with van der Waals surface area (Å²) in [5, 5.41) is 0. The van der Waals surface area contributed by atoms with E-state index in [1.807, 2.05) is 0 Å². The Kier molecular flexibility index (Phi) is 2.68. The second-order valence-electron chi connectivity index (χ2n) is 1.07. The normalized spacial score (nSPS) is 15.9. The summed E-state index contributed by atoms with van der Waals surface area (Å²) in [4.78, 5) is 0. The molecule has 0 rings (SSSR count). The fourth-order valence-electron chi connectivity index (χ4n) is 0.168. The maximum absolute atomic E-state index is 9.69. The van der Waals surface area contributed by atoms with E-state index in [1.165, 1.54) is 6.92 Å². The molecule has 0 aromatic carbocycles. The van der Waals surface area contributed by atoms with Gasteiger partial charge in [0.2, 0.25) is 0 Å². The summed E-state index contributed by atoms with van der Waals surface area (Å²) in [6.07, 6.45) is 0. The van der Waals surface area contributed by atoms with Gasteiger partial charge in [0, 0.05) is 0 Å². The molecule has 0 aromatic heterocycles. The van der Waals surface area contributed by atoms with Crippen LogP contribution in [-0.2, 0) is 14.6 Å². The summed E-state index contributed by atoms with van der Waals surface area (Å²) in [7, 11) is -4.36. The SMILES string of the molecule is CC(Cl)OS(=O)(=O)O. The van der Waals surface area contributed by atoms with Gasteiger partial charge in [0.1, 0.15) is 5.56 Å². The summed E-state index contributed by atoms with van der Waals surface area (Å²) in [5.41, 5.74) is -1.02. The van der Waals surface area contributed by atoms with E-state index < -0.39 is 16.0 Å². The summed E-state index contributed by atoms with van der Waals surface area (Å²) < 4.78 is 31.0. The first-order valence-electron chi connectivity index (χ1n) is 1.71. The Balaban J connectivity index is 3.75. The molecule has 0 fully saturated rings. The minimum absolute atomic E-state index is 1.02. The quantitative estimate of drug-likeness (QED) is 0.469. The van der Waals surface area contributed by atoms with E-state index >= 15 is 0 Å². The topological polar surface area (TPSA) is 63.6 Å². The fourth-order valence-corrected chi connectivity index (χ4v) is 0.778. The van der Waals surface area contributed by atoms with Crippen molar-refractivity contribution in [1.29, 1.82) is 0 Å². The van der Waals surface area contributed by atoms with E-state index in [-0.39, 0.29) is 0 Å². The van der Waals surface area contributed by atoms with Crippen LogP contribution in [0.2, 0.25) is 0 Å². The minimum Gasteiger partial charge on any atom is -0.263 e. The van der Waals surface area contributed by atoms with Gasteiger partial charge >= 0.3 is 10.4 Å². The Morgan fingerprint density at radius 1 is 1.75 bits per heavy atom. The molecule has 4 nitrogen and oxygen atoms in total. The van der Waals surface area contributed by atoms with Crippen molar-refractivity contribution < 1.29 is 17.2 Å². The number of rotatable bonds is 2. The molecule has 0 aliphatic carbocycles. The predicted octanol–water partition coefficient (Wildman–Crippen LogP) is 0.391. The van der Waals surface area contributed by atoms with Gasteiger partial charge in [-0.25, -0.2) is 4.18 Å². The van der Waals surface area contributed by atoms with Crippen molar-refractivity contribution in [3.05, 3.63) is 0 Å². The molecule has 0 bridgehead atoms. The molecule has 50 valence electrons. The molecule has 6 heteroatoms. The largest absolute Gasteiger partial charge is 0.398 e. The Hall–Kier alpha value is 0.160. The van der Waals surface area contributed by atoms with Crippen molar-refractivity contribution in [2.45, 2.75) is 12.5 Å². The van der Waals surface area contributed by atoms with Crippen molar-refractivity contribution >= 4 is 22.0 Å². The van der Waals surface area contributed by atoms with Gasteiger partial charge in [0.15, 0.2) is 0 Å². The second kappa shape index (κ2) is 2.63. The number of hydrogen-bond donors (Lipinski definition) is 1. The van der Waals surface area contributed by atoms with Gasteiger partial charge in [-0.1, -0.05) is 11.6 Å². The molecular formula is C2H5ClO4S. The summed E-state index contributed by atoms with van der Waals surface area (Å²) >= 11 is 5.00.